The predicted octanol–water partition coefficient (Wildman–Crippen LogP) is 0.0984. The average Bonchev–Trinajstić information content (AvgIpc) is 3.08. The fraction of sp³-hybridized carbons (Fsp3) is 0.833. The monoisotopic (exact) mass is 241 g/mol. The summed E-state index contributed by atoms with van der Waals surface area (Å²) in [5, 5.41) is 2.86. The number of rotatable bonds is 7. The maximum absolute atomic E-state index is 11.8. The van der Waals surface area contributed by atoms with Crippen LogP contribution in [0.15, 0.2) is 0 Å². The van der Waals surface area contributed by atoms with E-state index in [1.807, 2.05) is 6.92 Å². The minimum Gasteiger partial charge on any atom is -0.352 e. The smallest absolute Gasteiger partial charge is 0.239 e. The molecule has 0 saturated heterocycles. The highest BCUT2D eigenvalue weighted by atomic mass is 16.2. The summed E-state index contributed by atoms with van der Waals surface area (Å²) in [7, 11) is 1.66. The Morgan fingerprint density at radius 2 is 2.12 bits per heavy atom. The molecular weight excluding hydrogens is 218 g/mol. The molecule has 0 aromatic carbocycles. The maximum atomic E-state index is 11.8. The lowest BCUT2D eigenvalue weighted by molar-refractivity contribution is -0.135. The summed E-state index contributed by atoms with van der Waals surface area (Å²) in [6, 6.07) is 0.346. The fourth-order valence-electron chi connectivity index (χ4n) is 1.60. The lowest BCUT2D eigenvalue weighted by Crippen LogP contribution is -2.40. The Kier molecular flexibility index (Phi) is 5.41. The van der Waals surface area contributed by atoms with E-state index in [-0.39, 0.29) is 24.3 Å². The van der Waals surface area contributed by atoms with E-state index < -0.39 is 0 Å². The van der Waals surface area contributed by atoms with Crippen molar-refractivity contribution in [3.8, 4) is 0 Å². The van der Waals surface area contributed by atoms with E-state index in [1.165, 1.54) is 4.90 Å². The van der Waals surface area contributed by atoms with Crippen LogP contribution in [0, 0.1) is 5.92 Å². The molecule has 5 nitrogen and oxygen atoms in total. The molecule has 1 fully saturated rings. The van der Waals surface area contributed by atoms with Crippen LogP contribution in [0.5, 0.6) is 0 Å². The van der Waals surface area contributed by atoms with Crippen LogP contribution < -0.4 is 11.1 Å². The summed E-state index contributed by atoms with van der Waals surface area (Å²) < 4.78 is 0. The van der Waals surface area contributed by atoms with Gasteiger partial charge in [-0.05, 0) is 25.3 Å². The molecule has 0 radical (unpaired) electrons. The van der Waals surface area contributed by atoms with Crippen LogP contribution in [-0.2, 0) is 9.59 Å². The van der Waals surface area contributed by atoms with Crippen molar-refractivity contribution in [3.05, 3.63) is 0 Å². The molecule has 0 aliphatic heterocycles. The molecule has 3 N–H and O–H groups in total. The van der Waals surface area contributed by atoms with Gasteiger partial charge < -0.3 is 16.0 Å². The normalized spacial score (nSPS) is 16.4. The van der Waals surface area contributed by atoms with Gasteiger partial charge in [0.2, 0.25) is 11.8 Å². The van der Waals surface area contributed by atoms with E-state index in [0.717, 1.165) is 19.3 Å². The highest BCUT2D eigenvalue weighted by Crippen LogP contribution is 2.18. The summed E-state index contributed by atoms with van der Waals surface area (Å²) in [5.74, 6) is 0.147. The molecule has 0 aromatic rings. The molecule has 5 heteroatoms. The molecule has 0 heterocycles. The van der Waals surface area contributed by atoms with Crippen LogP contribution in [0.1, 0.15) is 32.6 Å². The van der Waals surface area contributed by atoms with E-state index in [9.17, 15) is 9.59 Å². The van der Waals surface area contributed by atoms with Crippen molar-refractivity contribution in [1.82, 2.24) is 10.2 Å². The van der Waals surface area contributed by atoms with E-state index in [1.54, 1.807) is 7.05 Å². The number of nitrogens with two attached hydrogens (primary N) is 1. The number of likely N-dealkylation sites (N-methyl/N-ethyl adjacent to an activating group) is 1. The van der Waals surface area contributed by atoms with Crippen LogP contribution in [-0.4, -0.2) is 42.9 Å². The largest absolute Gasteiger partial charge is 0.352 e. The topological polar surface area (TPSA) is 75.4 Å². The fourth-order valence-corrected chi connectivity index (χ4v) is 1.60. The number of hydrogen-bond donors (Lipinski definition) is 2. The van der Waals surface area contributed by atoms with Crippen molar-refractivity contribution in [3.63, 3.8) is 0 Å². The van der Waals surface area contributed by atoms with Crippen LogP contribution in [0.4, 0.5) is 0 Å². The number of carbonyl (C=O) groups is 2. The van der Waals surface area contributed by atoms with Crippen molar-refractivity contribution in [2.45, 2.75) is 38.6 Å². The van der Waals surface area contributed by atoms with Gasteiger partial charge >= 0.3 is 0 Å². The quantitative estimate of drug-likeness (QED) is 0.663. The third-order valence-electron chi connectivity index (χ3n) is 3.12. The predicted molar refractivity (Wildman–Crippen MR) is 66.3 cm³/mol. The summed E-state index contributed by atoms with van der Waals surface area (Å²) in [4.78, 5) is 24.8. The van der Waals surface area contributed by atoms with Gasteiger partial charge in [-0.3, -0.25) is 9.59 Å². The van der Waals surface area contributed by atoms with Gasteiger partial charge in [-0.15, -0.1) is 0 Å². The van der Waals surface area contributed by atoms with Crippen LogP contribution in [0.2, 0.25) is 0 Å². The Hall–Kier alpha value is -1.10. The third kappa shape index (κ3) is 5.17. The lowest BCUT2D eigenvalue weighted by Gasteiger charge is -2.19. The number of hydrogen-bond acceptors (Lipinski definition) is 3. The number of amides is 2. The first-order chi connectivity index (χ1) is 8.06. The summed E-state index contributed by atoms with van der Waals surface area (Å²) in [5.41, 5.74) is 5.56. The maximum Gasteiger partial charge on any atom is 0.239 e. The Bertz CT molecular complexity index is 273. The molecule has 1 unspecified atom stereocenters. The zero-order valence-corrected chi connectivity index (χ0v) is 10.7. The Morgan fingerprint density at radius 1 is 1.47 bits per heavy atom. The summed E-state index contributed by atoms with van der Waals surface area (Å²) in [6.07, 6.45) is 3.45. The van der Waals surface area contributed by atoms with Crippen molar-refractivity contribution < 1.29 is 9.59 Å². The zero-order valence-electron chi connectivity index (χ0n) is 10.7. The standard InChI is InChI=1S/C12H23N3O2/c1-3-9(7-13)6-12(17)15(2)8-11(16)14-10-4-5-10/h9-10H,3-8,13H2,1-2H3,(H,14,16). The minimum atomic E-state index is -0.0656. The summed E-state index contributed by atoms with van der Waals surface area (Å²) >= 11 is 0. The van der Waals surface area contributed by atoms with Crippen molar-refractivity contribution in [2.24, 2.45) is 11.7 Å². The molecule has 0 spiro atoms. The van der Waals surface area contributed by atoms with Crippen LogP contribution in [0.3, 0.4) is 0 Å². The molecule has 2 amide bonds. The van der Waals surface area contributed by atoms with Crippen LogP contribution >= 0.6 is 0 Å². The molecule has 17 heavy (non-hydrogen) atoms. The second-order valence-electron chi connectivity index (χ2n) is 4.81. The highest BCUT2D eigenvalue weighted by molar-refractivity contribution is 5.85. The number of nitrogens with zero attached hydrogens (tertiary/aromatic N) is 1. The van der Waals surface area contributed by atoms with E-state index in [0.29, 0.717) is 19.0 Å². The molecule has 98 valence electrons. The SMILES string of the molecule is CCC(CN)CC(=O)N(C)CC(=O)NC1CC1. The highest BCUT2D eigenvalue weighted by Gasteiger charge is 2.24. The second-order valence-corrected chi connectivity index (χ2v) is 4.81. The minimum absolute atomic E-state index is 0.00625. The lowest BCUT2D eigenvalue weighted by atomic mass is 10.0. The Labute approximate surface area is 103 Å². The van der Waals surface area contributed by atoms with Gasteiger partial charge in [-0.25, -0.2) is 0 Å². The molecule has 0 aromatic heterocycles. The second kappa shape index (κ2) is 6.59. The first-order valence-corrected chi connectivity index (χ1v) is 6.30. The molecule has 1 aliphatic carbocycles. The van der Waals surface area contributed by atoms with Crippen LogP contribution in [0.25, 0.3) is 0 Å². The van der Waals surface area contributed by atoms with Crippen molar-refractivity contribution in [1.29, 1.82) is 0 Å². The van der Waals surface area contributed by atoms with Gasteiger partial charge in [-0.2, -0.15) is 0 Å². The summed E-state index contributed by atoms with van der Waals surface area (Å²) in [6.45, 7) is 2.69. The van der Waals surface area contributed by atoms with Gasteiger partial charge in [-0.1, -0.05) is 13.3 Å². The number of carbonyl (C=O) groups excluding carboxylic acids is 2. The molecule has 1 saturated carbocycles. The van der Waals surface area contributed by atoms with Crippen molar-refractivity contribution in [2.75, 3.05) is 20.1 Å². The number of nitrogens with one attached hydrogen (secondary N) is 1. The van der Waals surface area contributed by atoms with E-state index in [4.69, 9.17) is 5.73 Å². The molecule has 1 atom stereocenters. The molecule has 1 aliphatic rings. The average molecular weight is 241 g/mol. The van der Waals surface area contributed by atoms with Gasteiger partial charge in [0.05, 0.1) is 6.54 Å². The van der Waals surface area contributed by atoms with Gasteiger partial charge in [0.1, 0.15) is 0 Å². The zero-order chi connectivity index (χ0) is 12.8. The Balaban J connectivity index is 2.26. The molecule has 0 bridgehead atoms. The molecular formula is C12H23N3O2. The van der Waals surface area contributed by atoms with Crippen molar-refractivity contribution >= 4 is 11.8 Å². The third-order valence-corrected chi connectivity index (χ3v) is 3.12. The van der Waals surface area contributed by atoms with Gasteiger partial charge in [0.15, 0.2) is 0 Å². The van der Waals surface area contributed by atoms with Gasteiger partial charge in [0, 0.05) is 19.5 Å². The molecule has 1 rings (SSSR count). The van der Waals surface area contributed by atoms with E-state index >= 15 is 0 Å². The van der Waals surface area contributed by atoms with E-state index in [2.05, 4.69) is 5.32 Å². The Morgan fingerprint density at radius 3 is 2.59 bits per heavy atom. The first kappa shape index (κ1) is 14.0. The first-order valence-electron chi connectivity index (χ1n) is 6.30. The van der Waals surface area contributed by atoms with Gasteiger partial charge in [0.25, 0.3) is 0 Å².